The zero-order valence-electron chi connectivity index (χ0n) is 13.4. The van der Waals surface area contributed by atoms with E-state index in [9.17, 15) is 18.8 Å². The zero-order chi connectivity index (χ0) is 18.9. The van der Waals surface area contributed by atoms with Crippen molar-refractivity contribution in [2.24, 2.45) is 0 Å². The van der Waals surface area contributed by atoms with Gasteiger partial charge < -0.3 is 5.32 Å². The number of hydrogen-bond donors (Lipinski definition) is 3. The Kier molecular flexibility index (Phi) is 7.43. The number of thioether (sulfide) groups is 1. The van der Waals surface area contributed by atoms with Crippen molar-refractivity contribution in [1.82, 2.24) is 10.9 Å². The number of carbonyl (C=O) groups is 3. The molecular formula is C17H15ClFN3O3S. The monoisotopic (exact) mass is 395 g/mol. The fourth-order valence-corrected chi connectivity index (χ4v) is 2.64. The first kappa shape index (κ1) is 19.7. The van der Waals surface area contributed by atoms with Crippen molar-refractivity contribution in [2.45, 2.75) is 0 Å². The molecule has 0 atom stereocenters. The average Bonchev–Trinajstić information content (AvgIpc) is 2.61. The smallest absolute Gasteiger partial charge is 0.269 e. The molecule has 136 valence electrons. The van der Waals surface area contributed by atoms with Gasteiger partial charge in [0.05, 0.1) is 11.5 Å². The maximum Gasteiger partial charge on any atom is 0.269 e. The number of amides is 3. The first-order valence-electron chi connectivity index (χ1n) is 7.42. The van der Waals surface area contributed by atoms with E-state index in [0.717, 1.165) is 11.8 Å². The number of rotatable bonds is 6. The summed E-state index contributed by atoms with van der Waals surface area (Å²) in [5, 5.41) is 2.99. The van der Waals surface area contributed by atoms with Gasteiger partial charge in [-0.25, -0.2) is 4.39 Å². The van der Waals surface area contributed by atoms with Gasteiger partial charge in [-0.2, -0.15) is 0 Å². The first-order chi connectivity index (χ1) is 12.4. The van der Waals surface area contributed by atoms with Gasteiger partial charge in [0, 0.05) is 16.3 Å². The molecule has 0 aliphatic heterocycles. The van der Waals surface area contributed by atoms with E-state index in [0.29, 0.717) is 16.3 Å². The highest BCUT2D eigenvalue weighted by Gasteiger charge is 2.09. The minimum atomic E-state index is -0.500. The van der Waals surface area contributed by atoms with Gasteiger partial charge in [0.25, 0.3) is 5.91 Å². The molecule has 3 amide bonds. The van der Waals surface area contributed by atoms with Gasteiger partial charge in [0.15, 0.2) is 0 Å². The third-order valence-electron chi connectivity index (χ3n) is 3.00. The molecule has 6 nitrogen and oxygen atoms in total. The number of hydrogen-bond acceptors (Lipinski definition) is 4. The lowest BCUT2D eigenvalue weighted by Gasteiger charge is -2.08. The van der Waals surface area contributed by atoms with Crippen LogP contribution in [0.25, 0.3) is 0 Å². The lowest BCUT2D eigenvalue weighted by atomic mass is 10.2. The molecule has 0 saturated carbocycles. The Labute approximate surface area is 158 Å². The van der Waals surface area contributed by atoms with E-state index in [1.807, 2.05) is 0 Å². The molecule has 0 aromatic heterocycles. The highest BCUT2D eigenvalue weighted by Crippen LogP contribution is 2.11. The summed E-state index contributed by atoms with van der Waals surface area (Å²) in [5.74, 6) is -1.66. The zero-order valence-corrected chi connectivity index (χ0v) is 15.0. The van der Waals surface area contributed by atoms with E-state index in [2.05, 4.69) is 16.2 Å². The maximum absolute atomic E-state index is 12.8. The van der Waals surface area contributed by atoms with Gasteiger partial charge in [0.2, 0.25) is 11.8 Å². The third kappa shape index (κ3) is 6.73. The predicted molar refractivity (Wildman–Crippen MR) is 99.4 cm³/mol. The Morgan fingerprint density at radius 2 is 1.65 bits per heavy atom. The number of benzene rings is 2. The number of carbonyl (C=O) groups excluding carboxylic acids is 3. The summed E-state index contributed by atoms with van der Waals surface area (Å²) in [5.41, 5.74) is 5.29. The molecule has 3 N–H and O–H groups in total. The summed E-state index contributed by atoms with van der Waals surface area (Å²) in [4.78, 5) is 35.2. The van der Waals surface area contributed by atoms with E-state index in [1.165, 1.54) is 30.3 Å². The van der Waals surface area contributed by atoms with E-state index < -0.39 is 17.6 Å². The highest BCUT2D eigenvalue weighted by molar-refractivity contribution is 8.00. The first-order valence-corrected chi connectivity index (χ1v) is 8.95. The lowest BCUT2D eigenvalue weighted by Crippen LogP contribution is -2.42. The van der Waals surface area contributed by atoms with Gasteiger partial charge in [-0.3, -0.25) is 25.2 Å². The van der Waals surface area contributed by atoms with Gasteiger partial charge in [-0.15, -0.1) is 11.8 Å². The second-order valence-corrected chi connectivity index (χ2v) is 6.48. The summed E-state index contributed by atoms with van der Waals surface area (Å²) in [6, 6.07) is 11.6. The van der Waals surface area contributed by atoms with Crippen LogP contribution >= 0.6 is 23.4 Å². The van der Waals surface area contributed by atoms with Crippen molar-refractivity contribution in [1.29, 1.82) is 0 Å². The molecule has 0 unspecified atom stereocenters. The third-order valence-corrected chi connectivity index (χ3v) is 4.16. The molecule has 0 bridgehead atoms. The van der Waals surface area contributed by atoms with E-state index in [1.54, 1.807) is 18.2 Å². The van der Waals surface area contributed by atoms with E-state index >= 15 is 0 Å². The van der Waals surface area contributed by atoms with Gasteiger partial charge in [0.1, 0.15) is 5.82 Å². The van der Waals surface area contributed by atoms with Crippen LogP contribution in [0.2, 0.25) is 5.02 Å². The summed E-state index contributed by atoms with van der Waals surface area (Å²) in [6.07, 6.45) is 0. The lowest BCUT2D eigenvalue weighted by molar-refractivity contribution is -0.119. The number of halogens is 2. The summed E-state index contributed by atoms with van der Waals surface area (Å²) in [6.45, 7) is 0. The Hall–Kier alpha value is -2.58. The minimum Gasteiger partial charge on any atom is -0.325 e. The van der Waals surface area contributed by atoms with Gasteiger partial charge in [-0.05, 0) is 42.5 Å². The van der Waals surface area contributed by atoms with Crippen LogP contribution in [0.15, 0.2) is 48.5 Å². The second-order valence-electron chi connectivity index (χ2n) is 5.06. The van der Waals surface area contributed by atoms with E-state index in [4.69, 9.17) is 11.6 Å². The molecule has 0 radical (unpaired) electrons. The standard InChI is InChI=1S/C17H15ClFN3O3S/c18-12-3-1-2-11(8-12)17(25)22-21-16(24)10-26-9-15(23)20-14-6-4-13(19)5-7-14/h1-8H,9-10H2,(H,20,23)(H,21,24)(H,22,25). The fraction of sp³-hybridized carbons (Fsp3) is 0.118. The summed E-state index contributed by atoms with van der Waals surface area (Å²) in [7, 11) is 0. The Morgan fingerprint density at radius 3 is 2.35 bits per heavy atom. The molecule has 0 saturated heterocycles. The SMILES string of the molecule is O=C(CSCC(=O)Nc1ccc(F)cc1)NNC(=O)c1cccc(Cl)c1. The molecule has 0 spiro atoms. The van der Waals surface area contributed by atoms with Crippen LogP contribution in [0.4, 0.5) is 10.1 Å². The van der Waals surface area contributed by atoms with Crippen LogP contribution < -0.4 is 16.2 Å². The van der Waals surface area contributed by atoms with Crippen LogP contribution in [-0.4, -0.2) is 29.2 Å². The number of anilines is 1. The molecule has 0 heterocycles. The normalized spacial score (nSPS) is 10.1. The van der Waals surface area contributed by atoms with Crippen molar-refractivity contribution >= 4 is 46.8 Å². The second kappa shape index (κ2) is 9.79. The topological polar surface area (TPSA) is 87.3 Å². The maximum atomic E-state index is 12.8. The molecular weight excluding hydrogens is 381 g/mol. The van der Waals surface area contributed by atoms with Crippen LogP contribution in [0.5, 0.6) is 0 Å². The highest BCUT2D eigenvalue weighted by atomic mass is 35.5. The minimum absolute atomic E-state index is 0.0212. The molecule has 2 aromatic rings. The van der Waals surface area contributed by atoms with Crippen LogP contribution in [0.1, 0.15) is 10.4 Å². The molecule has 2 aromatic carbocycles. The van der Waals surface area contributed by atoms with Crippen molar-refractivity contribution in [3.63, 3.8) is 0 Å². The molecule has 0 aliphatic rings. The van der Waals surface area contributed by atoms with Crippen LogP contribution in [-0.2, 0) is 9.59 Å². The van der Waals surface area contributed by atoms with Crippen LogP contribution in [0, 0.1) is 5.82 Å². The Balaban J connectivity index is 1.66. The largest absolute Gasteiger partial charge is 0.325 e. The Bertz CT molecular complexity index is 802. The van der Waals surface area contributed by atoms with Crippen molar-refractivity contribution in [2.75, 3.05) is 16.8 Å². The molecule has 9 heteroatoms. The van der Waals surface area contributed by atoms with Crippen molar-refractivity contribution < 1.29 is 18.8 Å². The molecule has 0 aliphatic carbocycles. The molecule has 2 rings (SSSR count). The molecule has 26 heavy (non-hydrogen) atoms. The predicted octanol–water partition coefficient (Wildman–Crippen LogP) is 2.61. The van der Waals surface area contributed by atoms with Crippen LogP contribution in [0.3, 0.4) is 0 Å². The van der Waals surface area contributed by atoms with E-state index in [-0.39, 0.29) is 17.4 Å². The Morgan fingerprint density at radius 1 is 0.962 bits per heavy atom. The van der Waals surface area contributed by atoms with Gasteiger partial charge in [-0.1, -0.05) is 17.7 Å². The fourth-order valence-electron chi connectivity index (χ4n) is 1.83. The quantitative estimate of drug-likeness (QED) is 0.656. The molecule has 0 fully saturated rings. The summed E-state index contributed by atoms with van der Waals surface area (Å²) >= 11 is 6.86. The number of hydrazine groups is 1. The van der Waals surface area contributed by atoms with Crippen molar-refractivity contribution in [3.8, 4) is 0 Å². The van der Waals surface area contributed by atoms with Gasteiger partial charge >= 0.3 is 0 Å². The van der Waals surface area contributed by atoms with Crippen molar-refractivity contribution in [3.05, 3.63) is 64.9 Å². The average molecular weight is 396 g/mol. The summed E-state index contributed by atoms with van der Waals surface area (Å²) < 4.78 is 12.8. The number of nitrogens with one attached hydrogen (secondary N) is 3.